The van der Waals surface area contributed by atoms with Crippen molar-refractivity contribution in [2.45, 2.75) is 19.9 Å². The SMILES string of the molecule is CCNC(=O)CCNCc1cccc(/C(N)=N/O)c1F. The highest BCUT2D eigenvalue weighted by atomic mass is 19.1. The Balaban J connectivity index is 2.55. The zero-order chi connectivity index (χ0) is 15.0. The van der Waals surface area contributed by atoms with Gasteiger partial charge in [-0.1, -0.05) is 17.3 Å². The van der Waals surface area contributed by atoms with E-state index >= 15 is 0 Å². The number of nitrogens with one attached hydrogen (secondary N) is 2. The summed E-state index contributed by atoms with van der Waals surface area (Å²) in [6, 6.07) is 4.66. The molecule has 0 aromatic heterocycles. The fraction of sp³-hybridized carbons (Fsp3) is 0.385. The number of hydrogen-bond acceptors (Lipinski definition) is 4. The van der Waals surface area contributed by atoms with Crippen LogP contribution in [0.15, 0.2) is 23.4 Å². The van der Waals surface area contributed by atoms with Crippen molar-refractivity contribution in [3.63, 3.8) is 0 Å². The van der Waals surface area contributed by atoms with E-state index in [2.05, 4.69) is 15.8 Å². The van der Waals surface area contributed by atoms with Gasteiger partial charge >= 0.3 is 0 Å². The van der Waals surface area contributed by atoms with Gasteiger partial charge in [-0.15, -0.1) is 0 Å². The van der Waals surface area contributed by atoms with Crippen molar-refractivity contribution < 1.29 is 14.4 Å². The van der Waals surface area contributed by atoms with Crippen LogP contribution in [0.3, 0.4) is 0 Å². The van der Waals surface area contributed by atoms with Crippen LogP contribution in [0.25, 0.3) is 0 Å². The molecule has 0 heterocycles. The molecular formula is C13H19FN4O2. The Kier molecular flexibility index (Phi) is 6.45. The first-order valence-corrected chi connectivity index (χ1v) is 6.32. The number of amidine groups is 1. The van der Waals surface area contributed by atoms with Gasteiger partial charge in [-0.05, 0) is 13.0 Å². The average molecular weight is 282 g/mol. The highest BCUT2D eigenvalue weighted by Gasteiger charge is 2.11. The zero-order valence-corrected chi connectivity index (χ0v) is 11.3. The molecule has 0 spiro atoms. The summed E-state index contributed by atoms with van der Waals surface area (Å²) in [6.07, 6.45) is 0.329. The maximum atomic E-state index is 14.0. The number of halogens is 1. The van der Waals surface area contributed by atoms with Gasteiger partial charge in [0, 0.05) is 31.6 Å². The van der Waals surface area contributed by atoms with Crippen molar-refractivity contribution in [2.24, 2.45) is 10.9 Å². The lowest BCUT2D eigenvalue weighted by Crippen LogP contribution is -2.27. The van der Waals surface area contributed by atoms with Crippen molar-refractivity contribution >= 4 is 11.7 Å². The van der Waals surface area contributed by atoms with E-state index in [9.17, 15) is 9.18 Å². The Bertz CT molecular complexity index is 491. The molecule has 0 atom stereocenters. The van der Waals surface area contributed by atoms with Crippen LogP contribution in [0.1, 0.15) is 24.5 Å². The van der Waals surface area contributed by atoms with Gasteiger partial charge in [-0.2, -0.15) is 0 Å². The Hall–Kier alpha value is -2.15. The molecule has 1 rings (SSSR count). The third-order valence-electron chi connectivity index (χ3n) is 2.68. The van der Waals surface area contributed by atoms with E-state index in [1.165, 1.54) is 6.07 Å². The lowest BCUT2D eigenvalue weighted by atomic mass is 10.1. The molecule has 0 saturated carbocycles. The number of benzene rings is 1. The summed E-state index contributed by atoms with van der Waals surface area (Å²) >= 11 is 0. The van der Waals surface area contributed by atoms with E-state index in [1.54, 1.807) is 12.1 Å². The largest absolute Gasteiger partial charge is 0.409 e. The predicted molar refractivity (Wildman–Crippen MR) is 73.9 cm³/mol. The standard InChI is InChI=1S/C13H19FN4O2/c1-2-17-11(19)6-7-16-8-9-4-3-5-10(12(9)14)13(15)18-20/h3-5,16,20H,2,6-8H2,1H3,(H2,15,18)(H,17,19). The number of oxime groups is 1. The Labute approximate surface area is 116 Å². The fourth-order valence-corrected chi connectivity index (χ4v) is 1.68. The minimum atomic E-state index is -0.534. The molecule has 5 N–H and O–H groups in total. The van der Waals surface area contributed by atoms with Gasteiger partial charge < -0.3 is 21.6 Å². The van der Waals surface area contributed by atoms with Gasteiger partial charge in [0.05, 0.1) is 5.56 Å². The highest BCUT2D eigenvalue weighted by Crippen LogP contribution is 2.12. The number of carbonyl (C=O) groups excluding carboxylic acids is 1. The van der Waals surface area contributed by atoms with E-state index in [4.69, 9.17) is 10.9 Å². The predicted octanol–water partition coefficient (Wildman–Crippen LogP) is 0.536. The first kappa shape index (κ1) is 15.9. The summed E-state index contributed by atoms with van der Waals surface area (Å²) in [5, 5.41) is 17.0. The van der Waals surface area contributed by atoms with Crippen LogP contribution >= 0.6 is 0 Å². The van der Waals surface area contributed by atoms with Crippen LogP contribution in [0.2, 0.25) is 0 Å². The smallest absolute Gasteiger partial charge is 0.221 e. The first-order valence-electron chi connectivity index (χ1n) is 6.32. The molecule has 1 aromatic rings. The molecule has 1 aromatic carbocycles. The third kappa shape index (κ3) is 4.51. The Morgan fingerprint density at radius 2 is 2.25 bits per heavy atom. The van der Waals surface area contributed by atoms with Crippen molar-refractivity contribution in [3.05, 3.63) is 35.1 Å². The summed E-state index contributed by atoms with van der Waals surface area (Å²) in [5.74, 6) is -0.856. The van der Waals surface area contributed by atoms with Crippen LogP contribution in [0, 0.1) is 5.82 Å². The van der Waals surface area contributed by atoms with E-state index in [-0.39, 0.29) is 23.9 Å². The number of nitrogens with two attached hydrogens (primary N) is 1. The molecule has 6 nitrogen and oxygen atoms in total. The van der Waals surface area contributed by atoms with Crippen LogP contribution in [0.5, 0.6) is 0 Å². The monoisotopic (exact) mass is 282 g/mol. The van der Waals surface area contributed by atoms with Crippen molar-refractivity contribution in [1.82, 2.24) is 10.6 Å². The molecule has 7 heteroatoms. The summed E-state index contributed by atoms with van der Waals surface area (Å²) in [6.45, 7) is 3.14. The number of rotatable bonds is 7. The van der Waals surface area contributed by atoms with Gasteiger partial charge in [-0.3, -0.25) is 4.79 Å². The summed E-state index contributed by atoms with van der Waals surface area (Å²) < 4.78 is 14.0. The van der Waals surface area contributed by atoms with Crippen LogP contribution in [0.4, 0.5) is 4.39 Å². The molecule has 0 bridgehead atoms. The summed E-state index contributed by atoms with van der Waals surface area (Å²) in [7, 11) is 0. The fourth-order valence-electron chi connectivity index (χ4n) is 1.68. The minimum absolute atomic E-state index is 0.0501. The van der Waals surface area contributed by atoms with E-state index in [0.29, 0.717) is 25.1 Å². The summed E-state index contributed by atoms with van der Waals surface area (Å²) in [4.78, 5) is 11.2. The number of hydrogen-bond donors (Lipinski definition) is 4. The molecule has 1 amide bonds. The van der Waals surface area contributed by atoms with Gasteiger partial charge in [-0.25, -0.2) is 4.39 Å². The van der Waals surface area contributed by atoms with Gasteiger partial charge in [0.25, 0.3) is 0 Å². The van der Waals surface area contributed by atoms with Crippen molar-refractivity contribution in [3.8, 4) is 0 Å². The second kappa shape index (κ2) is 8.11. The van der Waals surface area contributed by atoms with E-state index in [0.717, 1.165) is 0 Å². The van der Waals surface area contributed by atoms with Gasteiger partial charge in [0.1, 0.15) is 5.82 Å². The maximum Gasteiger partial charge on any atom is 0.221 e. The van der Waals surface area contributed by atoms with Crippen LogP contribution < -0.4 is 16.4 Å². The van der Waals surface area contributed by atoms with Crippen molar-refractivity contribution in [2.75, 3.05) is 13.1 Å². The second-order valence-electron chi connectivity index (χ2n) is 4.14. The normalized spacial score (nSPS) is 11.4. The number of nitrogens with zero attached hydrogens (tertiary/aromatic N) is 1. The zero-order valence-electron chi connectivity index (χ0n) is 11.3. The molecule has 20 heavy (non-hydrogen) atoms. The number of amides is 1. The molecule has 0 radical (unpaired) electrons. The molecule has 0 fully saturated rings. The molecule has 0 saturated heterocycles. The lowest BCUT2D eigenvalue weighted by molar-refractivity contribution is -0.120. The number of carbonyl (C=O) groups is 1. The van der Waals surface area contributed by atoms with Crippen molar-refractivity contribution in [1.29, 1.82) is 0 Å². The third-order valence-corrected chi connectivity index (χ3v) is 2.68. The van der Waals surface area contributed by atoms with Crippen LogP contribution in [-0.4, -0.2) is 30.0 Å². The maximum absolute atomic E-state index is 14.0. The molecular weight excluding hydrogens is 263 g/mol. The Morgan fingerprint density at radius 3 is 2.90 bits per heavy atom. The molecule has 0 aliphatic carbocycles. The topological polar surface area (TPSA) is 99.7 Å². The Morgan fingerprint density at radius 1 is 1.50 bits per heavy atom. The van der Waals surface area contributed by atoms with E-state index in [1.807, 2.05) is 6.92 Å². The average Bonchev–Trinajstić information content (AvgIpc) is 2.44. The van der Waals surface area contributed by atoms with Gasteiger partial charge in [0.2, 0.25) is 5.91 Å². The summed E-state index contributed by atoms with van der Waals surface area (Å²) in [5.41, 5.74) is 5.82. The minimum Gasteiger partial charge on any atom is -0.409 e. The molecule has 0 unspecified atom stereocenters. The highest BCUT2D eigenvalue weighted by molar-refractivity contribution is 5.97. The first-order chi connectivity index (χ1) is 9.60. The lowest BCUT2D eigenvalue weighted by Gasteiger charge is -2.08. The molecule has 110 valence electrons. The quantitative estimate of drug-likeness (QED) is 0.193. The molecule has 0 aliphatic rings. The molecule has 0 aliphatic heterocycles. The van der Waals surface area contributed by atoms with Crippen LogP contribution in [-0.2, 0) is 11.3 Å². The second-order valence-corrected chi connectivity index (χ2v) is 4.14. The van der Waals surface area contributed by atoms with Gasteiger partial charge in [0.15, 0.2) is 5.84 Å². The van der Waals surface area contributed by atoms with E-state index < -0.39 is 5.82 Å².